The highest BCUT2D eigenvalue weighted by molar-refractivity contribution is 5.85. The number of aromatic amines is 2. The minimum atomic E-state index is -0.625. The summed E-state index contributed by atoms with van der Waals surface area (Å²) < 4.78 is 1.22. The van der Waals surface area contributed by atoms with E-state index in [1.165, 1.54) is 4.57 Å². The molecule has 1 aliphatic rings. The highest BCUT2D eigenvalue weighted by Gasteiger charge is 2.34. The van der Waals surface area contributed by atoms with Crippen LogP contribution < -0.4 is 11.2 Å². The predicted molar refractivity (Wildman–Crippen MR) is 115 cm³/mol. The van der Waals surface area contributed by atoms with Crippen LogP contribution in [0.4, 0.5) is 0 Å². The molecular formula is C23H22N4O3. The number of hydrogen-bond donors (Lipinski definition) is 3. The number of benzene rings is 2. The Balaban J connectivity index is 1.70. The van der Waals surface area contributed by atoms with Gasteiger partial charge in [-0.3, -0.25) is 19.2 Å². The van der Waals surface area contributed by atoms with Crippen molar-refractivity contribution in [1.29, 1.82) is 0 Å². The number of likely N-dealkylation sites (N-methyl/N-ethyl adjacent to an activating group) is 1. The fraction of sp³-hybridized carbons (Fsp3) is 0.217. The summed E-state index contributed by atoms with van der Waals surface area (Å²) in [5, 5.41) is 12.2. The van der Waals surface area contributed by atoms with Crippen LogP contribution in [0.15, 0.2) is 64.2 Å². The van der Waals surface area contributed by atoms with E-state index in [-0.39, 0.29) is 18.0 Å². The van der Waals surface area contributed by atoms with Gasteiger partial charge in [-0.1, -0.05) is 48.5 Å². The summed E-state index contributed by atoms with van der Waals surface area (Å²) in [7, 11) is 1.92. The number of hydrogen-bond acceptors (Lipinski definition) is 4. The van der Waals surface area contributed by atoms with Crippen molar-refractivity contribution in [2.75, 3.05) is 13.6 Å². The zero-order valence-electron chi connectivity index (χ0n) is 16.6. The van der Waals surface area contributed by atoms with Gasteiger partial charge in [0.1, 0.15) is 5.56 Å². The van der Waals surface area contributed by atoms with E-state index in [1.807, 2.05) is 60.5 Å². The second-order valence-electron chi connectivity index (χ2n) is 7.76. The molecule has 152 valence electrons. The SMILES string of the molecule is CN1CCc2c([nH]c3ccccc23)[C@H]1c1c(O)n(Cc2ccccc2)c(=O)[nH]c1=O. The maximum absolute atomic E-state index is 12.9. The number of nitrogens with zero attached hydrogens (tertiary/aromatic N) is 2. The van der Waals surface area contributed by atoms with Gasteiger partial charge in [0.05, 0.1) is 12.6 Å². The highest BCUT2D eigenvalue weighted by atomic mass is 16.3. The summed E-state index contributed by atoms with van der Waals surface area (Å²) in [6, 6.07) is 16.9. The Bertz CT molecular complexity index is 1350. The maximum atomic E-state index is 12.9. The molecule has 0 radical (unpaired) electrons. The lowest BCUT2D eigenvalue weighted by Gasteiger charge is -2.33. The number of fused-ring (bicyclic) bond motifs is 3. The molecule has 5 rings (SSSR count). The van der Waals surface area contributed by atoms with Crippen LogP contribution in [0.25, 0.3) is 10.9 Å². The van der Waals surface area contributed by atoms with Crippen LogP contribution in [0.5, 0.6) is 5.88 Å². The third-order valence-electron chi connectivity index (χ3n) is 5.94. The first-order valence-electron chi connectivity index (χ1n) is 9.94. The number of aromatic nitrogens is 3. The Kier molecular flexibility index (Phi) is 4.33. The molecular weight excluding hydrogens is 380 g/mol. The van der Waals surface area contributed by atoms with Gasteiger partial charge >= 0.3 is 5.69 Å². The number of rotatable bonds is 3. The van der Waals surface area contributed by atoms with Gasteiger partial charge in [-0.05, 0) is 30.7 Å². The van der Waals surface area contributed by atoms with Crippen molar-refractivity contribution in [2.45, 2.75) is 19.0 Å². The molecule has 0 saturated heterocycles. The van der Waals surface area contributed by atoms with E-state index in [4.69, 9.17) is 0 Å². The molecule has 3 heterocycles. The summed E-state index contributed by atoms with van der Waals surface area (Å²) in [6.45, 7) is 0.904. The molecule has 0 unspecified atom stereocenters. The number of H-pyrrole nitrogens is 2. The topological polar surface area (TPSA) is 94.1 Å². The Hall–Kier alpha value is -3.58. The van der Waals surface area contributed by atoms with Gasteiger partial charge in [-0.2, -0.15) is 0 Å². The summed E-state index contributed by atoms with van der Waals surface area (Å²) in [5.41, 5.74) is 2.88. The second-order valence-corrected chi connectivity index (χ2v) is 7.76. The first-order valence-corrected chi connectivity index (χ1v) is 9.94. The highest BCUT2D eigenvalue weighted by Crippen LogP contribution is 2.38. The molecule has 2 aromatic heterocycles. The lowest BCUT2D eigenvalue weighted by Crippen LogP contribution is -2.40. The van der Waals surface area contributed by atoms with Gasteiger partial charge in [0, 0.05) is 23.1 Å². The molecule has 0 amide bonds. The van der Waals surface area contributed by atoms with E-state index in [0.29, 0.717) is 0 Å². The van der Waals surface area contributed by atoms with Crippen LogP contribution in [-0.4, -0.2) is 38.1 Å². The van der Waals surface area contributed by atoms with Crippen molar-refractivity contribution in [3.05, 3.63) is 97.8 Å². The molecule has 0 saturated carbocycles. The quantitative estimate of drug-likeness (QED) is 0.490. The molecule has 30 heavy (non-hydrogen) atoms. The van der Waals surface area contributed by atoms with Crippen LogP contribution in [-0.2, 0) is 13.0 Å². The molecule has 0 bridgehead atoms. The van der Waals surface area contributed by atoms with Crippen molar-refractivity contribution >= 4 is 10.9 Å². The Morgan fingerprint density at radius 2 is 1.77 bits per heavy atom. The molecule has 0 fully saturated rings. The molecule has 0 aliphatic carbocycles. The summed E-state index contributed by atoms with van der Waals surface area (Å²) in [5.74, 6) is -0.295. The molecule has 7 heteroatoms. The van der Waals surface area contributed by atoms with Gasteiger partial charge in [-0.15, -0.1) is 0 Å². The van der Waals surface area contributed by atoms with Crippen LogP contribution >= 0.6 is 0 Å². The average molecular weight is 402 g/mol. The van der Waals surface area contributed by atoms with Crippen LogP contribution in [0.3, 0.4) is 0 Å². The monoisotopic (exact) mass is 402 g/mol. The normalized spacial score (nSPS) is 16.6. The fourth-order valence-corrected chi connectivity index (χ4v) is 4.46. The van der Waals surface area contributed by atoms with Gasteiger partial charge in [0.25, 0.3) is 5.56 Å². The van der Waals surface area contributed by atoms with E-state index in [2.05, 4.69) is 16.0 Å². The van der Waals surface area contributed by atoms with Crippen molar-refractivity contribution < 1.29 is 5.11 Å². The van der Waals surface area contributed by atoms with E-state index in [1.54, 1.807) is 0 Å². The second kappa shape index (κ2) is 7.03. The molecule has 7 nitrogen and oxygen atoms in total. The summed E-state index contributed by atoms with van der Waals surface area (Å²) in [6.07, 6.45) is 0.842. The van der Waals surface area contributed by atoms with Gasteiger partial charge in [0.15, 0.2) is 0 Å². The number of para-hydroxylation sites is 1. The molecule has 3 N–H and O–H groups in total. The van der Waals surface area contributed by atoms with Gasteiger partial charge < -0.3 is 10.1 Å². The van der Waals surface area contributed by atoms with Crippen LogP contribution in [0.2, 0.25) is 0 Å². The maximum Gasteiger partial charge on any atom is 0.331 e. The van der Waals surface area contributed by atoms with Crippen molar-refractivity contribution in [3.63, 3.8) is 0 Å². The first-order chi connectivity index (χ1) is 14.5. The third-order valence-corrected chi connectivity index (χ3v) is 5.94. The number of nitrogens with one attached hydrogen (secondary N) is 2. The first kappa shape index (κ1) is 18.4. The molecule has 1 aliphatic heterocycles. The molecule has 4 aromatic rings. The Labute approximate surface area is 172 Å². The Morgan fingerprint density at radius 1 is 1.03 bits per heavy atom. The summed E-state index contributed by atoms with van der Waals surface area (Å²) >= 11 is 0. The number of aromatic hydroxyl groups is 1. The zero-order valence-corrected chi connectivity index (χ0v) is 16.6. The standard InChI is InChI=1S/C23H22N4O3/c1-26-12-11-16-15-9-5-6-10-17(15)24-19(16)20(26)18-21(28)25-23(30)27(22(18)29)13-14-7-3-2-4-8-14/h2-10,20,24,29H,11-13H2,1H3,(H,25,28,30)/t20-/m1/s1. The van der Waals surface area contributed by atoms with E-state index >= 15 is 0 Å². The van der Waals surface area contributed by atoms with E-state index in [0.717, 1.165) is 40.7 Å². The third kappa shape index (κ3) is 2.86. The van der Waals surface area contributed by atoms with Crippen molar-refractivity contribution in [3.8, 4) is 5.88 Å². The molecule has 1 atom stereocenters. The van der Waals surface area contributed by atoms with Crippen LogP contribution in [0, 0.1) is 0 Å². The molecule has 2 aromatic carbocycles. The average Bonchev–Trinajstić information content (AvgIpc) is 3.12. The van der Waals surface area contributed by atoms with Crippen LogP contribution in [0.1, 0.15) is 28.4 Å². The lowest BCUT2D eigenvalue weighted by molar-refractivity contribution is 0.250. The minimum Gasteiger partial charge on any atom is -0.494 e. The lowest BCUT2D eigenvalue weighted by atomic mass is 9.94. The molecule has 0 spiro atoms. The smallest absolute Gasteiger partial charge is 0.331 e. The predicted octanol–water partition coefficient (Wildman–Crippen LogP) is 2.35. The van der Waals surface area contributed by atoms with Crippen molar-refractivity contribution in [2.24, 2.45) is 0 Å². The van der Waals surface area contributed by atoms with E-state index < -0.39 is 17.3 Å². The van der Waals surface area contributed by atoms with Crippen molar-refractivity contribution in [1.82, 2.24) is 19.4 Å². The fourth-order valence-electron chi connectivity index (χ4n) is 4.46. The van der Waals surface area contributed by atoms with Gasteiger partial charge in [0.2, 0.25) is 5.88 Å². The largest absolute Gasteiger partial charge is 0.494 e. The minimum absolute atomic E-state index is 0.172. The van der Waals surface area contributed by atoms with E-state index in [9.17, 15) is 14.7 Å². The zero-order chi connectivity index (χ0) is 20.8. The Morgan fingerprint density at radius 3 is 2.57 bits per heavy atom. The van der Waals surface area contributed by atoms with Gasteiger partial charge in [-0.25, -0.2) is 4.79 Å². The summed E-state index contributed by atoms with van der Waals surface area (Å²) in [4.78, 5) is 33.2.